The van der Waals surface area contributed by atoms with E-state index in [0.717, 1.165) is 60.7 Å². The molecule has 4 N–H and O–H groups in total. The number of allylic oxidation sites excluding steroid dienone is 1. The van der Waals surface area contributed by atoms with Crippen molar-refractivity contribution >= 4 is 0 Å². The van der Waals surface area contributed by atoms with Crippen LogP contribution in [0.2, 0.25) is 0 Å². The van der Waals surface area contributed by atoms with Gasteiger partial charge in [-0.2, -0.15) is 0 Å². The monoisotopic (exact) mass is 576 g/mol. The second kappa shape index (κ2) is 12.5. The molecule has 1 heterocycles. The maximum Gasteiger partial charge on any atom is 0.186 e. The lowest BCUT2D eigenvalue weighted by Gasteiger charge is -2.58. The molecule has 6 heteroatoms. The molecule has 3 saturated carbocycles. The molecule has 0 aromatic carbocycles. The Kier molecular flexibility index (Phi) is 9.71. The summed E-state index contributed by atoms with van der Waals surface area (Å²) < 4.78 is 11.9. The van der Waals surface area contributed by atoms with Crippen LogP contribution in [-0.2, 0) is 9.47 Å². The van der Waals surface area contributed by atoms with Gasteiger partial charge in [0, 0.05) is 0 Å². The molecule has 5 rings (SSSR count). The lowest BCUT2D eigenvalue weighted by atomic mass is 9.47. The predicted octanol–water partition coefficient (Wildman–Crippen LogP) is 5.85. The molecule has 41 heavy (non-hydrogen) atoms. The highest BCUT2D eigenvalue weighted by atomic mass is 16.7. The molecule has 0 spiro atoms. The van der Waals surface area contributed by atoms with Gasteiger partial charge in [0.05, 0.1) is 12.7 Å². The van der Waals surface area contributed by atoms with Crippen LogP contribution in [-0.4, -0.2) is 63.8 Å². The molecule has 4 fully saturated rings. The third-order valence-electron chi connectivity index (χ3n) is 13.5. The van der Waals surface area contributed by atoms with Crippen molar-refractivity contribution in [1.29, 1.82) is 0 Å². The Balaban J connectivity index is 1.24. The minimum atomic E-state index is -1.40. The minimum Gasteiger partial charge on any atom is -0.394 e. The Hall–Kier alpha value is -0.500. The van der Waals surface area contributed by atoms with E-state index < -0.39 is 37.3 Å². The maximum absolute atomic E-state index is 10.5. The Morgan fingerprint density at radius 3 is 2.39 bits per heavy atom. The summed E-state index contributed by atoms with van der Waals surface area (Å²) in [6.45, 7) is 14.5. The summed E-state index contributed by atoms with van der Waals surface area (Å²) in [6.07, 6.45) is 9.92. The Labute approximate surface area is 249 Å². The van der Waals surface area contributed by atoms with Gasteiger partial charge in [-0.3, -0.25) is 0 Å². The second-order valence-electron chi connectivity index (χ2n) is 15.7. The summed E-state index contributed by atoms with van der Waals surface area (Å²) in [5, 5.41) is 40.4. The largest absolute Gasteiger partial charge is 0.394 e. The van der Waals surface area contributed by atoms with Crippen LogP contribution < -0.4 is 0 Å². The van der Waals surface area contributed by atoms with Crippen molar-refractivity contribution in [3.8, 4) is 0 Å². The van der Waals surface area contributed by atoms with Gasteiger partial charge in [-0.1, -0.05) is 66.0 Å². The van der Waals surface area contributed by atoms with Crippen molar-refractivity contribution < 1.29 is 29.9 Å². The fraction of sp³-hybridized carbons (Fsp3) is 0.943. The van der Waals surface area contributed by atoms with E-state index >= 15 is 0 Å². The van der Waals surface area contributed by atoms with Crippen molar-refractivity contribution in [2.75, 3.05) is 6.61 Å². The fourth-order valence-corrected chi connectivity index (χ4v) is 10.8. The number of hydrogen-bond acceptors (Lipinski definition) is 6. The molecule has 1 saturated heterocycles. The van der Waals surface area contributed by atoms with Gasteiger partial charge in [-0.15, -0.1) is 0 Å². The number of hydrogen-bond donors (Lipinski definition) is 4. The van der Waals surface area contributed by atoms with Crippen molar-refractivity contribution in [3.05, 3.63) is 11.6 Å². The van der Waals surface area contributed by atoms with Gasteiger partial charge in [0.25, 0.3) is 0 Å². The van der Waals surface area contributed by atoms with Crippen LogP contribution in [0.1, 0.15) is 112 Å². The van der Waals surface area contributed by atoms with Gasteiger partial charge in [0.2, 0.25) is 0 Å². The van der Waals surface area contributed by atoms with Crippen LogP contribution >= 0.6 is 0 Å². The highest BCUT2D eigenvalue weighted by Crippen LogP contribution is 2.67. The Morgan fingerprint density at radius 1 is 0.951 bits per heavy atom. The molecule has 4 aliphatic carbocycles. The first-order chi connectivity index (χ1) is 19.4. The molecule has 0 aromatic rings. The summed E-state index contributed by atoms with van der Waals surface area (Å²) in [5.74, 6) is 5.66. The average Bonchev–Trinajstić information content (AvgIpc) is 3.30. The molecule has 0 radical (unpaired) electrons. The molecule has 0 unspecified atom stereocenters. The molecule has 0 bridgehead atoms. The quantitative estimate of drug-likeness (QED) is 0.257. The van der Waals surface area contributed by atoms with Crippen molar-refractivity contribution in [1.82, 2.24) is 0 Å². The first-order valence-corrected chi connectivity index (χ1v) is 17.1. The number of aliphatic hydroxyl groups excluding tert-OH is 4. The van der Waals surface area contributed by atoms with Crippen molar-refractivity contribution in [2.24, 2.45) is 52.3 Å². The lowest BCUT2D eigenvalue weighted by molar-refractivity contribution is -0.313. The zero-order valence-corrected chi connectivity index (χ0v) is 26.7. The standard InChI is InChI=1S/C35H60O6/c1-7-22(20(2)3)9-8-21(4)26-12-13-27-25-11-10-23-18-24(14-16-34(23,5)28(25)15-17-35(26,27)6)40-33-32(39)31(38)30(37)29(19-36)41-33/h10,20-22,24-33,36-39H,7-9,11-19H2,1-6H3/t21-,22-,24-,25-,26+,27-,28-,29+,30+,31-,32+,33-,34-,35+/m0/s1. The first-order valence-electron chi connectivity index (χ1n) is 17.1. The lowest BCUT2D eigenvalue weighted by Crippen LogP contribution is -2.60. The molecule has 236 valence electrons. The van der Waals surface area contributed by atoms with Gasteiger partial charge >= 0.3 is 0 Å². The molecule has 5 aliphatic rings. The SMILES string of the molecule is CC[C@@H](CC[C@H](C)[C@H]1CC[C@H]2[C@@H]3CC=C4C[C@@H](O[C@H]5O[C@H](CO)[C@@H](O)[C@H](O)[C@H]5O)CC[C@]4(C)[C@H]3CC[C@]12C)C(C)C. The van der Waals surface area contributed by atoms with E-state index in [9.17, 15) is 20.4 Å². The first kappa shape index (κ1) is 31.9. The number of rotatable bonds is 9. The van der Waals surface area contributed by atoms with Gasteiger partial charge in [-0.25, -0.2) is 0 Å². The molecule has 0 aromatic heterocycles. The highest BCUT2D eigenvalue weighted by Gasteiger charge is 2.59. The minimum absolute atomic E-state index is 0.101. The van der Waals surface area contributed by atoms with Crippen LogP contribution in [0.25, 0.3) is 0 Å². The van der Waals surface area contributed by atoms with Gasteiger partial charge in [-0.05, 0) is 110 Å². The normalized spacial score (nSPS) is 47.7. The topological polar surface area (TPSA) is 99.4 Å². The smallest absolute Gasteiger partial charge is 0.186 e. The van der Waals surface area contributed by atoms with E-state index in [0.29, 0.717) is 5.41 Å². The van der Waals surface area contributed by atoms with Crippen LogP contribution in [0, 0.1) is 52.3 Å². The van der Waals surface area contributed by atoms with E-state index in [1.165, 1.54) is 56.9 Å². The molecular formula is C35H60O6. The number of ether oxygens (including phenoxy) is 2. The third-order valence-corrected chi connectivity index (χ3v) is 13.5. The van der Waals surface area contributed by atoms with Gasteiger partial charge in [0.15, 0.2) is 6.29 Å². The van der Waals surface area contributed by atoms with E-state index in [2.05, 4.69) is 47.6 Å². The predicted molar refractivity (Wildman–Crippen MR) is 161 cm³/mol. The summed E-state index contributed by atoms with van der Waals surface area (Å²) in [4.78, 5) is 0. The van der Waals surface area contributed by atoms with E-state index in [4.69, 9.17) is 9.47 Å². The summed E-state index contributed by atoms with van der Waals surface area (Å²) in [6, 6.07) is 0. The van der Waals surface area contributed by atoms with Crippen molar-refractivity contribution in [2.45, 2.75) is 149 Å². The summed E-state index contributed by atoms with van der Waals surface area (Å²) in [5.41, 5.74) is 2.19. The van der Waals surface area contributed by atoms with Gasteiger partial charge in [0.1, 0.15) is 24.4 Å². The summed E-state index contributed by atoms with van der Waals surface area (Å²) >= 11 is 0. The second-order valence-corrected chi connectivity index (χ2v) is 15.7. The summed E-state index contributed by atoms with van der Waals surface area (Å²) in [7, 11) is 0. The van der Waals surface area contributed by atoms with E-state index in [-0.39, 0.29) is 11.5 Å². The van der Waals surface area contributed by atoms with E-state index in [1.54, 1.807) is 0 Å². The molecular weight excluding hydrogens is 516 g/mol. The third kappa shape index (κ3) is 5.73. The van der Waals surface area contributed by atoms with Crippen molar-refractivity contribution in [3.63, 3.8) is 0 Å². The van der Waals surface area contributed by atoms with Gasteiger partial charge < -0.3 is 29.9 Å². The molecule has 14 atom stereocenters. The maximum atomic E-state index is 10.5. The van der Waals surface area contributed by atoms with Crippen LogP contribution in [0.5, 0.6) is 0 Å². The molecule has 1 aliphatic heterocycles. The molecule has 6 nitrogen and oxygen atoms in total. The highest BCUT2D eigenvalue weighted by molar-refractivity contribution is 5.25. The zero-order chi connectivity index (χ0) is 29.7. The van der Waals surface area contributed by atoms with Crippen LogP contribution in [0.4, 0.5) is 0 Å². The average molecular weight is 577 g/mol. The Morgan fingerprint density at radius 2 is 1.71 bits per heavy atom. The Bertz CT molecular complexity index is 918. The van der Waals surface area contributed by atoms with Crippen LogP contribution in [0.15, 0.2) is 11.6 Å². The van der Waals surface area contributed by atoms with E-state index in [1.807, 2.05) is 0 Å². The zero-order valence-electron chi connectivity index (χ0n) is 26.7. The number of aliphatic hydroxyl groups is 4. The number of fused-ring (bicyclic) bond motifs is 5. The van der Waals surface area contributed by atoms with Crippen LogP contribution in [0.3, 0.4) is 0 Å². The molecule has 0 amide bonds. The fourth-order valence-electron chi connectivity index (χ4n) is 10.8.